The largest absolute Gasteiger partial charge is 0.497 e. The number of benzene rings is 2. The van der Waals surface area contributed by atoms with Gasteiger partial charge < -0.3 is 15.0 Å². The molecule has 2 rings (SSSR count). The van der Waals surface area contributed by atoms with Gasteiger partial charge in [0.05, 0.1) is 24.1 Å². The van der Waals surface area contributed by atoms with Crippen molar-refractivity contribution in [3.8, 4) is 5.75 Å². The molecule has 2 aromatic rings. The average Bonchev–Trinajstić information content (AvgIpc) is 2.82. The monoisotopic (exact) mass is 527 g/mol. The number of sulfonamides is 1. The van der Waals surface area contributed by atoms with Crippen molar-refractivity contribution in [2.45, 2.75) is 39.3 Å². The van der Waals surface area contributed by atoms with Gasteiger partial charge in [0.15, 0.2) is 0 Å². The van der Waals surface area contributed by atoms with Crippen molar-refractivity contribution in [3.63, 3.8) is 0 Å². The van der Waals surface area contributed by atoms with E-state index < -0.39 is 34.3 Å². The van der Waals surface area contributed by atoms with Crippen LogP contribution in [0.2, 0.25) is 5.02 Å². The van der Waals surface area contributed by atoms with Crippen LogP contribution in [0.5, 0.6) is 5.75 Å². The number of amides is 2. The normalized spacial score (nSPS) is 12.1. The van der Waals surface area contributed by atoms with E-state index in [1.165, 1.54) is 18.1 Å². The minimum Gasteiger partial charge on any atom is -0.497 e. The summed E-state index contributed by atoms with van der Waals surface area (Å²) in [5.41, 5.74) is 0.743. The fraction of sp³-hybridized carbons (Fsp3) is 0.417. The summed E-state index contributed by atoms with van der Waals surface area (Å²) in [5, 5.41) is 2.53. The number of hydrogen-bond donors (Lipinski definition) is 1. The molecule has 1 N–H and O–H groups in total. The molecule has 0 aromatic heterocycles. The first-order valence-corrected chi connectivity index (χ1v) is 13.4. The highest BCUT2D eigenvalue weighted by atomic mass is 35.5. The summed E-state index contributed by atoms with van der Waals surface area (Å²) in [4.78, 5) is 27.8. The molecule has 0 saturated heterocycles. The van der Waals surface area contributed by atoms with E-state index in [2.05, 4.69) is 5.32 Å². The second-order valence-corrected chi connectivity index (χ2v) is 10.3. The molecule has 2 amide bonds. The number of rotatable bonds is 12. The van der Waals surface area contributed by atoms with Gasteiger partial charge in [0.2, 0.25) is 21.8 Å². The molecule has 0 heterocycles. The number of anilines is 1. The standard InChI is InChI=1S/C24H31ClFN3O5S/c1-5-12-27-24(31)22(6-2)28(15-17-8-7-9-19(13-17)34-3)23(30)16-29(35(4,32)33)18-10-11-21(26)20(25)14-18/h7-11,13-14,22H,5-6,12,15-16H2,1-4H3,(H,27,31). The van der Waals surface area contributed by atoms with Crippen molar-refractivity contribution < 1.29 is 27.1 Å². The number of nitrogens with zero attached hydrogens (tertiary/aromatic N) is 2. The quantitative estimate of drug-likeness (QED) is 0.455. The second kappa shape index (κ2) is 12.7. The van der Waals surface area contributed by atoms with Crippen molar-refractivity contribution >= 4 is 39.1 Å². The minimum absolute atomic E-state index is 0.0389. The maximum Gasteiger partial charge on any atom is 0.244 e. The van der Waals surface area contributed by atoms with Crippen LogP contribution in [0.25, 0.3) is 0 Å². The van der Waals surface area contributed by atoms with Crippen LogP contribution in [0, 0.1) is 5.82 Å². The molecule has 0 saturated carbocycles. The van der Waals surface area contributed by atoms with Crippen LogP contribution in [0.4, 0.5) is 10.1 Å². The lowest BCUT2D eigenvalue weighted by molar-refractivity contribution is -0.140. The molecule has 0 aliphatic heterocycles. The van der Waals surface area contributed by atoms with Gasteiger partial charge in [-0.15, -0.1) is 0 Å². The Morgan fingerprint density at radius 2 is 1.89 bits per heavy atom. The molecule has 8 nitrogen and oxygen atoms in total. The summed E-state index contributed by atoms with van der Waals surface area (Å²) < 4.78 is 44.9. The van der Waals surface area contributed by atoms with E-state index in [-0.39, 0.29) is 23.2 Å². The van der Waals surface area contributed by atoms with Crippen LogP contribution < -0.4 is 14.4 Å². The van der Waals surface area contributed by atoms with Gasteiger partial charge in [0.25, 0.3) is 0 Å². The SMILES string of the molecule is CCCNC(=O)C(CC)N(Cc1cccc(OC)c1)C(=O)CN(c1ccc(F)c(Cl)c1)S(C)(=O)=O. The molecule has 0 spiro atoms. The summed E-state index contributed by atoms with van der Waals surface area (Å²) in [6.45, 7) is 3.59. The highest BCUT2D eigenvalue weighted by Crippen LogP contribution is 2.25. The number of carbonyl (C=O) groups excluding carboxylic acids is 2. The van der Waals surface area contributed by atoms with Crippen molar-refractivity contribution in [1.29, 1.82) is 0 Å². The molecule has 0 bridgehead atoms. The molecular formula is C24H31ClFN3O5S. The molecule has 192 valence electrons. The van der Waals surface area contributed by atoms with Gasteiger partial charge in [-0.25, -0.2) is 12.8 Å². The minimum atomic E-state index is -3.94. The van der Waals surface area contributed by atoms with Gasteiger partial charge in [-0.1, -0.05) is 37.6 Å². The Bertz CT molecular complexity index is 1150. The molecule has 1 unspecified atom stereocenters. The van der Waals surface area contributed by atoms with Crippen LogP contribution in [0.15, 0.2) is 42.5 Å². The molecule has 11 heteroatoms. The molecule has 0 aliphatic rings. The predicted molar refractivity (Wildman–Crippen MR) is 135 cm³/mol. The zero-order valence-electron chi connectivity index (χ0n) is 20.3. The third kappa shape index (κ3) is 7.83. The van der Waals surface area contributed by atoms with Crippen molar-refractivity contribution in [2.24, 2.45) is 0 Å². The van der Waals surface area contributed by atoms with E-state index in [0.717, 1.165) is 29.1 Å². The highest BCUT2D eigenvalue weighted by molar-refractivity contribution is 7.92. The Hall–Kier alpha value is -2.85. The van der Waals surface area contributed by atoms with Crippen LogP contribution in [0.1, 0.15) is 32.3 Å². The summed E-state index contributed by atoms with van der Waals surface area (Å²) in [6, 6.07) is 9.61. The first kappa shape index (κ1) is 28.4. The molecule has 1 atom stereocenters. The number of carbonyl (C=O) groups is 2. The predicted octanol–water partition coefficient (Wildman–Crippen LogP) is 3.59. The molecule has 0 aliphatic carbocycles. The Morgan fingerprint density at radius 3 is 2.46 bits per heavy atom. The molecule has 0 radical (unpaired) electrons. The van der Waals surface area contributed by atoms with Gasteiger partial charge in [-0.05, 0) is 48.7 Å². The summed E-state index contributed by atoms with van der Waals surface area (Å²) in [7, 11) is -2.42. The summed E-state index contributed by atoms with van der Waals surface area (Å²) in [6.07, 6.45) is 1.97. The lowest BCUT2D eigenvalue weighted by Crippen LogP contribution is -2.52. The third-order valence-corrected chi connectivity index (χ3v) is 6.72. The zero-order valence-corrected chi connectivity index (χ0v) is 21.8. The van der Waals surface area contributed by atoms with E-state index in [4.69, 9.17) is 16.3 Å². The first-order valence-electron chi connectivity index (χ1n) is 11.1. The van der Waals surface area contributed by atoms with Gasteiger partial charge in [0, 0.05) is 13.1 Å². The first-order chi connectivity index (χ1) is 16.5. The van der Waals surface area contributed by atoms with E-state index >= 15 is 0 Å². The van der Waals surface area contributed by atoms with E-state index in [0.29, 0.717) is 24.3 Å². The van der Waals surface area contributed by atoms with Crippen LogP contribution in [-0.4, -0.2) is 57.6 Å². The van der Waals surface area contributed by atoms with E-state index in [9.17, 15) is 22.4 Å². The number of ether oxygens (including phenoxy) is 1. The van der Waals surface area contributed by atoms with Crippen molar-refractivity contribution in [2.75, 3.05) is 30.8 Å². The summed E-state index contributed by atoms with van der Waals surface area (Å²) >= 11 is 5.85. The number of nitrogens with one attached hydrogen (secondary N) is 1. The summed E-state index contributed by atoms with van der Waals surface area (Å²) in [5.74, 6) is -1.07. The Kier molecular flexibility index (Phi) is 10.3. The van der Waals surface area contributed by atoms with E-state index in [1.807, 2.05) is 6.92 Å². The molecule has 2 aromatic carbocycles. The van der Waals surface area contributed by atoms with E-state index in [1.54, 1.807) is 31.2 Å². The smallest absolute Gasteiger partial charge is 0.244 e. The maximum absolute atomic E-state index is 13.7. The topological polar surface area (TPSA) is 96.0 Å². The van der Waals surface area contributed by atoms with Crippen LogP contribution in [0.3, 0.4) is 0 Å². The van der Waals surface area contributed by atoms with Gasteiger partial charge in [-0.2, -0.15) is 0 Å². The molecule has 35 heavy (non-hydrogen) atoms. The Morgan fingerprint density at radius 1 is 1.17 bits per heavy atom. The third-order valence-electron chi connectivity index (χ3n) is 5.29. The average molecular weight is 528 g/mol. The maximum atomic E-state index is 13.7. The molecular weight excluding hydrogens is 497 g/mol. The van der Waals surface area contributed by atoms with Crippen LogP contribution >= 0.6 is 11.6 Å². The number of hydrogen-bond acceptors (Lipinski definition) is 5. The van der Waals surface area contributed by atoms with Crippen LogP contribution in [-0.2, 0) is 26.2 Å². The fourth-order valence-corrected chi connectivity index (χ4v) is 4.52. The number of methoxy groups -OCH3 is 1. The van der Waals surface area contributed by atoms with Gasteiger partial charge in [0.1, 0.15) is 24.2 Å². The lowest BCUT2D eigenvalue weighted by Gasteiger charge is -2.33. The number of halogens is 2. The Balaban J connectivity index is 2.45. The van der Waals surface area contributed by atoms with Gasteiger partial charge in [-0.3, -0.25) is 13.9 Å². The second-order valence-electron chi connectivity index (χ2n) is 7.96. The van der Waals surface area contributed by atoms with Crippen molar-refractivity contribution in [1.82, 2.24) is 10.2 Å². The fourth-order valence-electron chi connectivity index (χ4n) is 3.51. The highest BCUT2D eigenvalue weighted by Gasteiger charge is 2.31. The molecule has 0 fully saturated rings. The zero-order chi connectivity index (χ0) is 26.2. The van der Waals surface area contributed by atoms with Crippen molar-refractivity contribution in [3.05, 3.63) is 58.9 Å². The lowest BCUT2D eigenvalue weighted by atomic mass is 10.1. The Labute approximate surface area is 211 Å². The van der Waals surface area contributed by atoms with Gasteiger partial charge >= 0.3 is 0 Å².